The zero-order valence-electron chi connectivity index (χ0n) is 17.0. The average Bonchev–Trinajstić information content (AvgIpc) is 2.75. The van der Waals surface area contributed by atoms with Crippen molar-refractivity contribution in [1.82, 2.24) is 10.6 Å². The van der Waals surface area contributed by atoms with Gasteiger partial charge >= 0.3 is 6.61 Å². The molecule has 2 N–H and O–H groups in total. The number of benzene rings is 2. The number of alkyl halides is 2. The van der Waals surface area contributed by atoms with Gasteiger partial charge in [0.15, 0.2) is 11.5 Å². The summed E-state index contributed by atoms with van der Waals surface area (Å²) >= 11 is 7.62. The molecule has 2 rings (SSSR count). The molecule has 0 aliphatic carbocycles. The maximum absolute atomic E-state index is 12.7. The number of nitrogens with one attached hydrogen (secondary N) is 2. The van der Waals surface area contributed by atoms with Gasteiger partial charge in [0.1, 0.15) is 6.04 Å². The first-order valence-electron chi connectivity index (χ1n) is 9.29. The predicted molar refractivity (Wildman–Crippen MR) is 117 cm³/mol. The van der Waals surface area contributed by atoms with Gasteiger partial charge < -0.3 is 20.1 Å². The van der Waals surface area contributed by atoms with Crippen molar-refractivity contribution < 1.29 is 27.8 Å². The van der Waals surface area contributed by atoms with E-state index in [1.165, 1.54) is 19.2 Å². The summed E-state index contributed by atoms with van der Waals surface area (Å²) in [4.78, 5) is 25.3. The van der Waals surface area contributed by atoms with E-state index in [0.29, 0.717) is 22.8 Å². The Morgan fingerprint density at radius 3 is 2.55 bits per heavy atom. The third kappa shape index (κ3) is 7.59. The van der Waals surface area contributed by atoms with Gasteiger partial charge in [-0.1, -0.05) is 29.8 Å². The maximum atomic E-state index is 12.7. The van der Waals surface area contributed by atoms with Gasteiger partial charge in [0.2, 0.25) is 5.91 Å². The molecular weight excluding hydrogens is 450 g/mol. The standard InChI is InChI=1S/C21H23ClF2N2O4S/c1-29-18-11-13(7-8-17(18)30-21(23)24)12-25-20(28)16(9-10-31-2)26-19(27)14-5-3-4-6-15(14)22/h3-8,11,16,21H,9-10,12H2,1-2H3,(H,25,28)(H,26,27). The molecule has 0 saturated carbocycles. The molecule has 0 aliphatic heterocycles. The molecule has 2 amide bonds. The minimum Gasteiger partial charge on any atom is -0.493 e. The normalized spacial score (nSPS) is 11.7. The third-order valence-electron chi connectivity index (χ3n) is 4.26. The lowest BCUT2D eigenvalue weighted by molar-refractivity contribution is -0.123. The van der Waals surface area contributed by atoms with Gasteiger partial charge in [0.05, 0.1) is 17.7 Å². The fourth-order valence-corrected chi connectivity index (χ4v) is 3.41. The van der Waals surface area contributed by atoms with Crippen LogP contribution in [0.25, 0.3) is 0 Å². The van der Waals surface area contributed by atoms with Crippen molar-refractivity contribution in [3.8, 4) is 11.5 Å². The van der Waals surface area contributed by atoms with E-state index in [0.717, 1.165) is 0 Å². The van der Waals surface area contributed by atoms with Gasteiger partial charge in [0, 0.05) is 6.54 Å². The summed E-state index contributed by atoms with van der Waals surface area (Å²) < 4.78 is 34.4. The minimum atomic E-state index is -2.97. The Balaban J connectivity index is 2.05. The van der Waals surface area contributed by atoms with Crippen LogP contribution in [0, 0.1) is 0 Å². The van der Waals surface area contributed by atoms with Crippen LogP contribution in [0.3, 0.4) is 0 Å². The molecule has 168 valence electrons. The summed E-state index contributed by atoms with van der Waals surface area (Å²) in [6.07, 6.45) is 2.33. The molecule has 0 heterocycles. The summed E-state index contributed by atoms with van der Waals surface area (Å²) in [6, 6.07) is 10.2. The number of halogens is 3. The van der Waals surface area contributed by atoms with E-state index in [4.69, 9.17) is 16.3 Å². The number of rotatable bonds is 11. The topological polar surface area (TPSA) is 76.7 Å². The summed E-state index contributed by atoms with van der Waals surface area (Å²) in [5, 5.41) is 5.77. The van der Waals surface area contributed by atoms with Gasteiger partial charge in [-0.05, 0) is 48.3 Å². The van der Waals surface area contributed by atoms with Crippen LogP contribution in [-0.2, 0) is 11.3 Å². The number of thioether (sulfide) groups is 1. The summed E-state index contributed by atoms with van der Waals surface area (Å²) in [6.45, 7) is -2.86. The van der Waals surface area contributed by atoms with Crippen LogP contribution in [0.5, 0.6) is 11.5 Å². The highest BCUT2D eigenvalue weighted by Crippen LogP contribution is 2.29. The second kappa shape index (κ2) is 12.4. The molecule has 0 saturated heterocycles. The molecular formula is C21H23ClF2N2O4S. The first-order valence-corrected chi connectivity index (χ1v) is 11.1. The van der Waals surface area contributed by atoms with Crippen LogP contribution in [0.1, 0.15) is 22.3 Å². The Morgan fingerprint density at radius 2 is 1.90 bits per heavy atom. The molecule has 10 heteroatoms. The van der Waals surface area contributed by atoms with Crippen molar-refractivity contribution in [3.63, 3.8) is 0 Å². The van der Waals surface area contributed by atoms with Crippen LogP contribution in [0.2, 0.25) is 5.02 Å². The largest absolute Gasteiger partial charge is 0.493 e. The van der Waals surface area contributed by atoms with E-state index in [2.05, 4.69) is 15.4 Å². The molecule has 0 radical (unpaired) electrons. The van der Waals surface area contributed by atoms with Crippen LogP contribution >= 0.6 is 23.4 Å². The van der Waals surface area contributed by atoms with Crippen LogP contribution in [-0.4, -0.2) is 43.6 Å². The molecule has 0 aromatic heterocycles. The molecule has 2 aromatic carbocycles. The number of hydrogen-bond donors (Lipinski definition) is 2. The number of hydrogen-bond acceptors (Lipinski definition) is 5. The van der Waals surface area contributed by atoms with E-state index in [1.54, 1.807) is 42.1 Å². The van der Waals surface area contributed by atoms with E-state index in [-0.39, 0.29) is 29.5 Å². The van der Waals surface area contributed by atoms with Crippen molar-refractivity contribution >= 4 is 35.2 Å². The highest BCUT2D eigenvalue weighted by molar-refractivity contribution is 7.98. The third-order valence-corrected chi connectivity index (χ3v) is 5.24. The first kappa shape index (κ1) is 24.7. The quantitative estimate of drug-likeness (QED) is 0.514. The van der Waals surface area contributed by atoms with Crippen molar-refractivity contribution in [1.29, 1.82) is 0 Å². The minimum absolute atomic E-state index is 0.0996. The summed E-state index contributed by atoms with van der Waals surface area (Å²) in [5.74, 6) is -0.132. The Kier molecular flexibility index (Phi) is 9.87. The van der Waals surface area contributed by atoms with Crippen LogP contribution in [0.4, 0.5) is 8.78 Å². The monoisotopic (exact) mass is 472 g/mol. The average molecular weight is 473 g/mol. The molecule has 1 atom stereocenters. The Morgan fingerprint density at radius 1 is 1.16 bits per heavy atom. The van der Waals surface area contributed by atoms with Gasteiger partial charge in [-0.3, -0.25) is 9.59 Å². The summed E-state index contributed by atoms with van der Waals surface area (Å²) in [7, 11) is 1.33. The van der Waals surface area contributed by atoms with E-state index in [1.807, 2.05) is 6.26 Å². The number of methoxy groups -OCH3 is 1. The van der Waals surface area contributed by atoms with Crippen molar-refractivity contribution in [3.05, 3.63) is 58.6 Å². The smallest absolute Gasteiger partial charge is 0.387 e. The second-order valence-corrected chi connectivity index (χ2v) is 7.76. The van der Waals surface area contributed by atoms with E-state index >= 15 is 0 Å². The molecule has 0 fully saturated rings. The molecule has 0 spiro atoms. The molecule has 1 unspecified atom stereocenters. The molecule has 31 heavy (non-hydrogen) atoms. The SMILES string of the molecule is COc1cc(CNC(=O)C(CCSC)NC(=O)c2ccccc2Cl)ccc1OC(F)F. The highest BCUT2D eigenvalue weighted by atomic mass is 35.5. The number of ether oxygens (including phenoxy) is 2. The summed E-state index contributed by atoms with van der Waals surface area (Å²) in [5.41, 5.74) is 0.901. The fraction of sp³-hybridized carbons (Fsp3) is 0.333. The number of carbonyl (C=O) groups excluding carboxylic acids is 2. The fourth-order valence-electron chi connectivity index (χ4n) is 2.71. The second-order valence-electron chi connectivity index (χ2n) is 6.37. The van der Waals surface area contributed by atoms with E-state index < -0.39 is 18.6 Å². The lowest BCUT2D eigenvalue weighted by Gasteiger charge is -2.19. The van der Waals surface area contributed by atoms with Crippen LogP contribution in [0.15, 0.2) is 42.5 Å². The molecule has 0 bridgehead atoms. The number of carbonyl (C=O) groups is 2. The molecule has 6 nitrogen and oxygen atoms in total. The van der Waals surface area contributed by atoms with Crippen molar-refractivity contribution in [2.45, 2.75) is 25.6 Å². The highest BCUT2D eigenvalue weighted by Gasteiger charge is 2.22. The first-order chi connectivity index (χ1) is 14.8. The van der Waals surface area contributed by atoms with E-state index in [9.17, 15) is 18.4 Å². The van der Waals surface area contributed by atoms with Crippen molar-refractivity contribution in [2.75, 3.05) is 19.1 Å². The van der Waals surface area contributed by atoms with Gasteiger partial charge in [-0.25, -0.2) is 0 Å². The molecule has 2 aromatic rings. The lowest BCUT2D eigenvalue weighted by Crippen LogP contribution is -2.47. The predicted octanol–water partition coefficient (Wildman–Crippen LogP) is 4.12. The van der Waals surface area contributed by atoms with Crippen LogP contribution < -0.4 is 20.1 Å². The van der Waals surface area contributed by atoms with Gasteiger partial charge in [-0.2, -0.15) is 20.5 Å². The zero-order chi connectivity index (χ0) is 22.8. The lowest BCUT2D eigenvalue weighted by atomic mass is 10.1. The Bertz CT molecular complexity index is 901. The number of amides is 2. The maximum Gasteiger partial charge on any atom is 0.387 e. The zero-order valence-corrected chi connectivity index (χ0v) is 18.6. The molecule has 0 aliphatic rings. The Labute approximate surface area is 188 Å². The Hall–Kier alpha value is -2.52. The van der Waals surface area contributed by atoms with Gasteiger partial charge in [0.25, 0.3) is 5.91 Å². The van der Waals surface area contributed by atoms with Gasteiger partial charge in [-0.15, -0.1) is 0 Å². The van der Waals surface area contributed by atoms with Crippen molar-refractivity contribution in [2.24, 2.45) is 0 Å².